The molecule has 0 unspecified atom stereocenters. The summed E-state index contributed by atoms with van der Waals surface area (Å²) < 4.78 is 25.9. The van der Waals surface area contributed by atoms with E-state index in [0.717, 1.165) is 31.4 Å². The van der Waals surface area contributed by atoms with E-state index in [4.69, 9.17) is 16.6 Å². The van der Waals surface area contributed by atoms with Gasteiger partial charge in [-0.05, 0) is 62.2 Å². The number of thioether (sulfide) groups is 1. The van der Waals surface area contributed by atoms with Crippen molar-refractivity contribution in [3.05, 3.63) is 58.1 Å². The van der Waals surface area contributed by atoms with Crippen LogP contribution in [0.3, 0.4) is 0 Å². The molecule has 3 rings (SSSR count). The van der Waals surface area contributed by atoms with Crippen molar-refractivity contribution in [3.63, 3.8) is 0 Å². The first-order valence-corrected chi connectivity index (χ1v) is 12.3. The number of halogens is 1. The van der Waals surface area contributed by atoms with Crippen LogP contribution in [0.25, 0.3) is 10.9 Å². The summed E-state index contributed by atoms with van der Waals surface area (Å²) in [4.78, 5) is 17.1. The lowest BCUT2D eigenvalue weighted by Crippen LogP contribution is -2.23. The molecule has 1 heterocycles. The monoisotopic (exact) mass is 477 g/mol. The quantitative estimate of drug-likeness (QED) is 0.516. The lowest BCUT2D eigenvalue weighted by molar-refractivity contribution is -0.113. The molecule has 9 heteroatoms. The number of carbonyl (C=O) groups is 1. The number of fused-ring (bicyclic) bond motifs is 1. The summed E-state index contributed by atoms with van der Waals surface area (Å²) >= 11 is 7.39. The molecule has 0 radical (unpaired) electrons. The van der Waals surface area contributed by atoms with Gasteiger partial charge in [-0.25, -0.2) is 17.7 Å². The van der Waals surface area contributed by atoms with Gasteiger partial charge in [-0.1, -0.05) is 35.0 Å². The number of nitrogens with zero attached hydrogens (tertiary/aromatic N) is 2. The number of hydrogen-bond acceptors (Lipinski definition) is 5. The molecule has 0 saturated carbocycles. The second-order valence-corrected chi connectivity index (χ2v) is 11.0. The minimum Gasteiger partial charge on any atom is -0.325 e. The molecule has 3 aromatic rings. The Balaban J connectivity index is 1.75. The van der Waals surface area contributed by atoms with Crippen molar-refractivity contribution in [3.8, 4) is 0 Å². The van der Waals surface area contributed by atoms with Crippen LogP contribution >= 0.6 is 23.4 Å². The molecule has 0 bridgehead atoms. The first-order valence-electron chi connectivity index (χ1n) is 9.52. The molecule has 1 aromatic heterocycles. The Hall–Kier alpha value is -2.13. The average Bonchev–Trinajstić information content (AvgIpc) is 2.68. The molecule has 0 saturated heterocycles. The smallest absolute Gasteiger partial charge is 0.244 e. The largest absolute Gasteiger partial charge is 0.325 e. The Morgan fingerprint density at radius 3 is 2.48 bits per heavy atom. The van der Waals surface area contributed by atoms with Gasteiger partial charge < -0.3 is 5.32 Å². The number of rotatable bonds is 6. The van der Waals surface area contributed by atoms with Crippen LogP contribution in [-0.2, 0) is 14.8 Å². The topological polar surface area (TPSA) is 79.4 Å². The molecule has 0 aliphatic rings. The minimum absolute atomic E-state index is 0.0535. The third kappa shape index (κ3) is 5.20. The van der Waals surface area contributed by atoms with Gasteiger partial charge >= 0.3 is 0 Å². The van der Waals surface area contributed by atoms with Crippen molar-refractivity contribution >= 4 is 55.9 Å². The molecule has 2 aromatic carbocycles. The Morgan fingerprint density at radius 2 is 1.81 bits per heavy atom. The third-order valence-corrected chi connectivity index (χ3v) is 7.96. The number of anilines is 1. The summed E-state index contributed by atoms with van der Waals surface area (Å²) in [7, 11) is -0.868. The van der Waals surface area contributed by atoms with E-state index in [1.807, 2.05) is 19.9 Å². The van der Waals surface area contributed by atoms with Gasteiger partial charge in [0, 0.05) is 25.2 Å². The highest BCUT2D eigenvalue weighted by Crippen LogP contribution is 2.28. The van der Waals surface area contributed by atoms with Crippen LogP contribution in [0.15, 0.2) is 46.3 Å². The molecule has 1 amide bonds. The molecular formula is C22H24ClN3O3S2. The highest BCUT2D eigenvalue weighted by atomic mass is 35.5. The van der Waals surface area contributed by atoms with Crippen molar-refractivity contribution in [2.45, 2.75) is 30.7 Å². The van der Waals surface area contributed by atoms with Gasteiger partial charge in [0.1, 0.15) is 4.90 Å². The van der Waals surface area contributed by atoms with Gasteiger partial charge in [0.25, 0.3) is 0 Å². The summed E-state index contributed by atoms with van der Waals surface area (Å²) in [5, 5.41) is 4.71. The second-order valence-electron chi connectivity index (χ2n) is 7.52. The third-order valence-electron chi connectivity index (χ3n) is 4.76. The summed E-state index contributed by atoms with van der Waals surface area (Å²) in [5.41, 5.74) is 4.69. The summed E-state index contributed by atoms with van der Waals surface area (Å²) in [6.07, 6.45) is 0. The van der Waals surface area contributed by atoms with Gasteiger partial charge in [-0.15, -0.1) is 0 Å². The number of aromatic nitrogens is 1. The number of nitrogens with one attached hydrogen (secondary N) is 1. The van der Waals surface area contributed by atoms with Gasteiger partial charge in [-0.3, -0.25) is 4.79 Å². The van der Waals surface area contributed by atoms with Crippen LogP contribution in [0.1, 0.15) is 16.7 Å². The molecule has 1 N–H and O–H groups in total. The summed E-state index contributed by atoms with van der Waals surface area (Å²) in [6.45, 7) is 6.13. The highest BCUT2D eigenvalue weighted by molar-refractivity contribution is 7.99. The molecule has 6 nitrogen and oxygen atoms in total. The predicted molar refractivity (Wildman–Crippen MR) is 128 cm³/mol. The normalized spacial score (nSPS) is 11.8. The Bertz CT molecular complexity index is 1270. The van der Waals surface area contributed by atoms with Crippen molar-refractivity contribution in [2.75, 3.05) is 25.2 Å². The van der Waals surface area contributed by atoms with Gasteiger partial charge in [0.05, 0.1) is 21.3 Å². The number of benzene rings is 2. The lowest BCUT2D eigenvalue weighted by atomic mass is 10.0. The molecule has 0 fully saturated rings. The Kier molecular flexibility index (Phi) is 6.95. The average molecular weight is 478 g/mol. The standard InChI is InChI=1S/C22H24ClN3O3S2/c1-13-8-15(3)22-17(9-13)14(2)10-21(25-22)30-12-20(27)24-16-6-7-18(23)19(11-16)31(28,29)26(4)5/h6-11H,12H2,1-5H3,(H,24,27). The minimum atomic E-state index is -3.72. The number of carbonyl (C=O) groups excluding carboxylic acids is 1. The number of sulfonamides is 1. The van der Waals surface area contributed by atoms with E-state index >= 15 is 0 Å². The lowest BCUT2D eigenvalue weighted by Gasteiger charge is -2.14. The zero-order chi connectivity index (χ0) is 22.9. The maximum absolute atomic E-state index is 12.5. The van der Waals surface area contributed by atoms with Gasteiger partial charge in [0.2, 0.25) is 15.9 Å². The van der Waals surface area contributed by atoms with Crippen LogP contribution < -0.4 is 5.32 Å². The fourth-order valence-corrected chi connectivity index (χ4v) is 5.36. The number of pyridine rings is 1. The zero-order valence-electron chi connectivity index (χ0n) is 18.0. The van der Waals surface area contributed by atoms with Crippen LogP contribution in [0.5, 0.6) is 0 Å². The first kappa shape index (κ1) is 23.5. The molecule has 31 heavy (non-hydrogen) atoms. The number of amides is 1. The van der Waals surface area contributed by atoms with E-state index in [1.165, 1.54) is 43.6 Å². The predicted octanol–water partition coefficient (Wildman–Crippen LogP) is 4.79. The van der Waals surface area contributed by atoms with Crippen molar-refractivity contribution in [2.24, 2.45) is 0 Å². The van der Waals surface area contributed by atoms with Crippen LogP contribution in [0.2, 0.25) is 5.02 Å². The van der Waals surface area contributed by atoms with Crippen LogP contribution in [0.4, 0.5) is 5.69 Å². The molecule has 0 spiro atoms. The van der Waals surface area contributed by atoms with Crippen molar-refractivity contribution in [1.82, 2.24) is 9.29 Å². The van der Waals surface area contributed by atoms with E-state index in [1.54, 1.807) is 6.07 Å². The molecule has 0 aliphatic carbocycles. The SMILES string of the molecule is Cc1cc(C)c2nc(SCC(=O)Nc3ccc(Cl)c(S(=O)(=O)N(C)C)c3)cc(C)c2c1. The molecule has 164 valence electrons. The van der Waals surface area contributed by atoms with Gasteiger partial charge in [0.15, 0.2) is 0 Å². The maximum Gasteiger partial charge on any atom is 0.244 e. The molecular weight excluding hydrogens is 454 g/mol. The Morgan fingerprint density at radius 1 is 1.10 bits per heavy atom. The van der Waals surface area contributed by atoms with Crippen LogP contribution in [0, 0.1) is 20.8 Å². The number of hydrogen-bond donors (Lipinski definition) is 1. The highest BCUT2D eigenvalue weighted by Gasteiger charge is 2.21. The van der Waals surface area contributed by atoms with Gasteiger partial charge in [-0.2, -0.15) is 0 Å². The van der Waals surface area contributed by atoms with E-state index in [0.29, 0.717) is 5.69 Å². The maximum atomic E-state index is 12.5. The first-order chi connectivity index (χ1) is 14.5. The fourth-order valence-electron chi connectivity index (χ4n) is 3.20. The zero-order valence-corrected chi connectivity index (χ0v) is 20.4. The van der Waals surface area contributed by atoms with E-state index in [-0.39, 0.29) is 21.6 Å². The fraction of sp³-hybridized carbons (Fsp3) is 0.273. The van der Waals surface area contributed by atoms with E-state index in [9.17, 15) is 13.2 Å². The molecule has 0 atom stereocenters. The van der Waals surface area contributed by atoms with Crippen molar-refractivity contribution < 1.29 is 13.2 Å². The van der Waals surface area contributed by atoms with Crippen molar-refractivity contribution in [1.29, 1.82) is 0 Å². The summed E-state index contributed by atoms with van der Waals surface area (Å²) in [6, 6.07) is 10.6. The Labute approximate surface area is 192 Å². The molecule has 0 aliphatic heterocycles. The van der Waals surface area contributed by atoms with E-state index < -0.39 is 10.0 Å². The summed E-state index contributed by atoms with van der Waals surface area (Å²) in [5.74, 6) is -0.123. The second kappa shape index (κ2) is 9.16. The van der Waals surface area contributed by atoms with E-state index in [2.05, 4.69) is 24.4 Å². The number of aryl methyl sites for hydroxylation is 3. The van der Waals surface area contributed by atoms with Crippen LogP contribution in [-0.4, -0.2) is 43.5 Å².